The number of nitrogens with two attached hydrogens (primary N) is 1. The van der Waals surface area contributed by atoms with E-state index in [9.17, 15) is 0 Å². The molecule has 0 aliphatic heterocycles. The summed E-state index contributed by atoms with van der Waals surface area (Å²) in [4.78, 5) is 2.68. The smallest absolute Gasteiger partial charge is 0.197 e. The molecule has 0 unspecified atom stereocenters. The Bertz CT molecular complexity index is 648. The van der Waals surface area contributed by atoms with Crippen molar-refractivity contribution in [3.8, 4) is 0 Å². The molecule has 0 amide bonds. The first-order valence-electron chi connectivity index (χ1n) is 5.76. The van der Waals surface area contributed by atoms with Gasteiger partial charge in [-0.2, -0.15) is 0 Å². The maximum atomic E-state index is 7.84. The summed E-state index contributed by atoms with van der Waals surface area (Å²) in [5.41, 5.74) is 7.22. The number of benzene rings is 2. The molecule has 0 saturated heterocycles. The van der Waals surface area contributed by atoms with Crippen LogP contribution in [0.25, 0.3) is 0 Å². The maximum Gasteiger partial charge on any atom is 0.197 e. The van der Waals surface area contributed by atoms with Crippen molar-refractivity contribution in [2.75, 3.05) is 11.2 Å². The van der Waals surface area contributed by atoms with Gasteiger partial charge in [0.25, 0.3) is 0 Å². The zero-order valence-corrected chi connectivity index (χ0v) is 13.9. The summed E-state index contributed by atoms with van der Waals surface area (Å²) in [6.07, 6.45) is 1.99. The number of thioether (sulfide) groups is 1. The van der Waals surface area contributed by atoms with E-state index in [1.165, 1.54) is 0 Å². The highest BCUT2D eigenvalue weighted by atomic mass is 79.9. The van der Waals surface area contributed by atoms with Crippen molar-refractivity contribution in [3.63, 3.8) is 0 Å². The molecule has 0 heterocycles. The SMILES string of the molecule is CSc1ccc(Cl)c(N(C(=N)N)c2cccc(Br)c2)c1. The molecular weight excluding hydrogens is 358 g/mol. The molecule has 0 aliphatic rings. The van der Waals surface area contributed by atoms with E-state index in [2.05, 4.69) is 15.9 Å². The summed E-state index contributed by atoms with van der Waals surface area (Å²) < 4.78 is 0.915. The third-order valence-electron chi connectivity index (χ3n) is 2.70. The lowest BCUT2D eigenvalue weighted by molar-refractivity contribution is 1.24. The van der Waals surface area contributed by atoms with E-state index in [4.69, 9.17) is 22.7 Å². The number of guanidine groups is 1. The van der Waals surface area contributed by atoms with Gasteiger partial charge in [0.15, 0.2) is 5.96 Å². The van der Waals surface area contributed by atoms with Crippen LogP contribution in [0.15, 0.2) is 51.8 Å². The molecule has 0 spiro atoms. The lowest BCUT2D eigenvalue weighted by Gasteiger charge is -2.24. The first kappa shape index (κ1) is 15.2. The number of nitrogens with zero attached hydrogens (tertiary/aromatic N) is 1. The molecule has 0 saturated carbocycles. The highest BCUT2D eigenvalue weighted by molar-refractivity contribution is 9.10. The lowest BCUT2D eigenvalue weighted by Crippen LogP contribution is -2.32. The van der Waals surface area contributed by atoms with E-state index in [1.807, 2.05) is 48.7 Å². The van der Waals surface area contributed by atoms with E-state index in [-0.39, 0.29) is 5.96 Å². The summed E-state index contributed by atoms with van der Waals surface area (Å²) in [5.74, 6) is -0.0803. The minimum absolute atomic E-state index is 0.0803. The number of hydrogen-bond acceptors (Lipinski definition) is 2. The van der Waals surface area contributed by atoms with Gasteiger partial charge in [-0.15, -0.1) is 11.8 Å². The fraction of sp³-hybridized carbons (Fsp3) is 0.0714. The topological polar surface area (TPSA) is 53.1 Å². The summed E-state index contributed by atoms with van der Waals surface area (Å²) in [7, 11) is 0. The monoisotopic (exact) mass is 369 g/mol. The van der Waals surface area contributed by atoms with Crippen LogP contribution in [-0.4, -0.2) is 12.2 Å². The highest BCUT2D eigenvalue weighted by Crippen LogP contribution is 2.35. The molecule has 2 aromatic carbocycles. The van der Waals surface area contributed by atoms with Gasteiger partial charge in [-0.3, -0.25) is 10.3 Å². The molecule has 2 aromatic rings. The van der Waals surface area contributed by atoms with E-state index in [0.29, 0.717) is 10.7 Å². The van der Waals surface area contributed by atoms with Gasteiger partial charge in [-0.1, -0.05) is 33.6 Å². The van der Waals surface area contributed by atoms with Crippen LogP contribution in [0.5, 0.6) is 0 Å². The second-order valence-electron chi connectivity index (χ2n) is 4.02. The molecule has 0 aliphatic carbocycles. The quantitative estimate of drug-likeness (QED) is 0.461. The predicted molar refractivity (Wildman–Crippen MR) is 91.4 cm³/mol. The average Bonchev–Trinajstić information content (AvgIpc) is 2.41. The minimum Gasteiger partial charge on any atom is -0.369 e. The van der Waals surface area contributed by atoms with Crippen molar-refractivity contribution in [3.05, 3.63) is 52.0 Å². The van der Waals surface area contributed by atoms with E-state index in [1.54, 1.807) is 16.7 Å². The molecule has 104 valence electrons. The van der Waals surface area contributed by atoms with Crippen molar-refractivity contribution in [2.24, 2.45) is 5.73 Å². The number of halogens is 2. The van der Waals surface area contributed by atoms with Gasteiger partial charge in [0, 0.05) is 9.37 Å². The number of nitrogens with one attached hydrogen (secondary N) is 1. The van der Waals surface area contributed by atoms with Crippen LogP contribution in [-0.2, 0) is 0 Å². The second kappa shape index (κ2) is 6.52. The molecule has 3 N–H and O–H groups in total. The normalized spacial score (nSPS) is 10.3. The Labute approximate surface area is 135 Å². The molecule has 2 rings (SSSR count). The molecular formula is C14H13BrClN3S. The largest absolute Gasteiger partial charge is 0.369 e. The van der Waals surface area contributed by atoms with Gasteiger partial charge in [0.05, 0.1) is 16.4 Å². The third-order valence-corrected chi connectivity index (χ3v) is 4.24. The molecule has 6 heteroatoms. The van der Waals surface area contributed by atoms with E-state index in [0.717, 1.165) is 15.1 Å². The second-order valence-corrected chi connectivity index (χ2v) is 6.22. The van der Waals surface area contributed by atoms with Crippen LogP contribution < -0.4 is 10.6 Å². The third kappa shape index (κ3) is 3.29. The molecule has 20 heavy (non-hydrogen) atoms. The summed E-state index contributed by atoms with van der Waals surface area (Å²) in [6, 6.07) is 13.3. The van der Waals surface area contributed by atoms with Gasteiger partial charge >= 0.3 is 0 Å². The maximum absolute atomic E-state index is 7.84. The molecule has 0 bridgehead atoms. The van der Waals surface area contributed by atoms with Gasteiger partial charge in [0.2, 0.25) is 0 Å². The molecule has 0 aromatic heterocycles. The molecule has 0 atom stereocenters. The highest BCUT2D eigenvalue weighted by Gasteiger charge is 2.16. The Balaban J connectivity index is 2.57. The molecule has 0 radical (unpaired) electrons. The molecule has 0 fully saturated rings. The summed E-state index contributed by atoms with van der Waals surface area (Å²) in [5, 5.41) is 8.40. The fourth-order valence-corrected chi connectivity index (χ4v) is 2.84. The van der Waals surface area contributed by atoms with Crippen molar-refractivity contribution >= 4 is 56.6 Å². The van der Waals surface area contributed by atoms with Crippen molar-refractivity contribution in [1.29, 1.82) is 5.41 Å². The summed E-state index contributed by atoms with van der Waals surface area (Å²) >= 11 is 11.3. The first-order valence-corrected chi connectivity index (χ1v) is 8.15. The number of hydrogen-bond donors (Lipinski definition) is 2. The Kier molecular flexibility index (Phi) is 4.96. The van der Waals surface area contributed by atoms with Gasteiger partial charge in [-0.25, -0.2) is 0 Å². The van der Waals surface area contributed by atoms with Crippen LogP contribution in [0.2, 0.25) is 5.02 Å². The van der Waals surface area contributed by atoms with Crippen LogP contribution in [0, 0.1) is 5.41 Å². The molecule has 3 nitrogen and oxygen atoms in total. The van der Waals surface area contributed by atoms with Crippen molar-refractivity contribution < 1.29 is 0 Å². The van der Waals surface area contributed by atoms with Gasteiger partial charge in [-0.05, 0) is 42.7 Å². The fourth-order valence-electron chi connectivity index (χ4n) is 1.81. The Morgan fingerprint density at radius 1 is 1.30 bits per heavy atom. The van der Waals surface area contributed by atoms with E-state index < -0.39 is 0 Å². The van der Waals surface area contributed by atoms with Crippen LogP contribution >= 0.6 is 39.3 Å². The van der Waals surface area contributed by atoms with Crippen LogP contribution in [0.3, 0.4) is 0 Å². The van der Waals surface area contributed by atoms with Crippen molar-refractivity contribution in [2.45, 2.75) is 4.90 Å². The Hall–Kier alpha value is -1.17. The first-order chi connectivity index (χ1) is 9.52. The van der Waals surface area contributed by atoms with Crippen LogP contribution in [0.4, 0.5) is 11.4 Å². The van der Waals surface area contributed by atoms with Gasteiger partial charge in [0.1, 0.15) is 0 Å². The Morgan fingerprint density at radius 3 is 2.65 bits per heavy atom. The zero-order valence-electron chi connectivity index (χ0n) is 10.7. The predicted octanol–water partition coefficient (Wildman–Crippen LogP) is 4.86. The standard InChI is InChI=1S/C14H13BrClN3S/c1-20-11-5-6-12(16)13(8-11)19(14(17)18)10-4-2-3-9(15)7-10/h2-8H,1H3,(H3,17,18). The van der Waals surface area contributed by atoms with Crippen molar-refractivity contribution in [1.82, 2.24) is 0 Å². The zero-order chi connectivity index (χ0) is 14.7. The lowest BCUT2D eigenvalue weighted by atomic mass is 10.2. The Morgan fingerprint density at radius 2 is 2.05 bits per heavy atom. The average molecular weight is 371 g/mol. The van der Waals surface area contributed by atoms with Gasteiger partial charge < -0.3 is 5.73 Å². The summed E-state index contributed by atoms with van der Waals surface area (Å²) in [6.45, 7) is 0. The van der Waals surface area contributed by atoms with Crippen LogP contribution in [0.1, 0.15) is 0 Å². The number of rotatable bonds is 3. The minimum atomic E-state index is -0.0803. The number of anilines is 2. The van der Waals surface area contributed by atoms with E-state index >= 15 is 0 Å².